The highest BCUT2D eigenvalue weighted by molar-refractivity contribution is 7.94. The number of unbranched alkanes of at least 4 members (excludes halogenated alkanes) is 1. The van der Waals surface area contributed by atoms with Gasteiger partial charge in [-0.2, -0.15) is 12.4 Å². The number of benzene rings is 1. The molecular formula is C30H40F2N2O3PS+. The summed E-state index contributed by atoms with van der Waals surface area (Å²) in [5.74, 6) is 1.04. The summed E-state index contributed by atoms with van der Waals surface area (Å²) in [5, 5.41) is 0. The molecule has 0 amide bonds. The Morgan fingerprint density at radius 1 is 1.13 bits per heavy atom. The Morgan fingerprint density at radius 2 is 1.79 bits per heavy atom. The fraction of sp³-hybridized carbons (Fsp3) is 0.433. The number of ether oxygens (including phenoxy) is 1. The van der Waals surface area contributed by atoms with Crippen molar-refractivity contribution in [3.05, 3.63) is 59.4 Å². The Hall–Kier alpha value is -2.70. The van der Waals surface area contributed by atoms with Gasteiger partial charge in [0.25, 0.3) is 0 Å². The molecule has 0 bridgehead atoms. The minimum atomic E-state index is -2.13. The molecule has 2 aliphatic heterocycles. The second kappa shape index (κ2) is 16.4. The van der Waals surface area contributed by atoms with Crippen molar-refractivity contribution in [3.63, 3.8) is 0 Å². The predicted molar refractivity (Wildman–Crippen MR) is 159 cm³/mol. The zero-order valence-electron chi connectivity index (χ0n) is 23.8. The van der Waals surface area contributed by atoms with Crippen molar-refractivity contribution < 1.29 is 26.7 Å². The van der Waals surface area contributed by atoms with Gasteiger partial charge in [-0.3, -0.25) is 0 Å². The van der Waals surface area contributed by atoms with Crippen LogP contribution in [0.2, 0.25) is 0 Å². The normalized spacial score (nSPS) is 11.0. The van der Waals surface area contributed by atoms with Crippen LogP contribution in [-0.2, 0) is 16.0 Å². The molecule has 0 saturated heterocycles. The smallest absolute Gasteiger partial charge is 0.429 e. The van der Waals surface area contributed by atoms with Crippen LogP contribution in [0, 0.1) is 13.8 Å². The van der Waals surface area contributed by atoms with Crippen LogP contribution >= 0.6 is 20.3 Å². The van der Waals surface area contributed by atoms with Gasteiger partial charge < -0.3 is 14.3 Å². The second-order valence-electron chi connectivity index (χ2n) is 9.32. The lowest BCUT2D eigenvalue weighted by Gasteiger charge is -2.12. The first-order valence-electron chi connectivity index (χ1n) is 13.4. The molecule has 2 aromatic rings. The number of rotatable bonds is 10. The summed E-state index contributed by atoms with van der Waals surface area (Å²) in [6, 6.07) is 13.5. The van der Waals surface area contributed by atoms with Crippen molar-refractivity contribution in [1.82, 2.24) is 4.16 Å². The highest BCUT2D eigenvalue weighted by Crippen LogP contribution is 2.41. The first-order chi connectivity index (χ1) is 18.7. The van der Waals surface area contributed by atoms with Gasteiger partial charge in [0.2, 0.25) is 0 Å². The van der Waals surface area contributed by atoms with Crippen LogP contribution in [0.1, 0.15) is 70.3 Å². The first kappa shape index (κ1) is 32.5. The van der Waals surface area contributed by atoms with E-state index in [2.05, 4.69) is 13.8 Å². The molecule has 0 radical (unpaired) electrons. The van der Waals surface area contributed by atoms with E-state index in [1.807, 2.05) is 63.2 Å². The van der Waals surface area contributed by atoms with Gasteiger partial charge in [0.05, 0.1) is 17.9 Å². The molecule has 0 aliphatic carbocycles. The molecule has 5 nitrogen and oxygen atoms in total. The van der Waals surface area contributed by atoms with Crippen LogP contribution in [0.3, 0.4) is 0 Å². The summed E-state index contributed by atoms with van der Waals surface area (Å²) in [6.07, 6.45) is 4.77. The van der Waals surface area contributed by atoms with Crippen LogP contribution < -0.4 is 9.07 Å². The van der Waals surface area contributed by atoms with E-state index in [4.69, 9.17) is 4.74 Å². The van der Waals surface area contributed by atoms with Crippen molar-refractivity contribution in [2.75, 3.05) is 12.4 Å². The summed E-state index contributed by atoms with van der Waals surface area (Å²) in [7, 11) is -2.13. The lowest BCUT2D eigenvalue weighted by molar-refractivity contribution is -0.533. The fourth-order valence-electron chi connectivity index (χ4n) is 4.17. The van der Waals surface area contributed by atoms with Crippen molar-refractivity contribution in [2.24, 2.45) is 0 Å². The van der Waals surface area contributed by atoms with E-state index in [0.29, 0.717) is 31.6 Å². The van der Waals surface area contributed by atoms with E-state index in [1.54, 1.807) is 15.4 Å². The van der Waals surface area contributed by atoms with Crippen LogP contribution in [0.5, 0.6) is 5.75 Å². The van der Waals surface area contributed by atoms with Crippen molar-refractivity contribution in [2.45, 2.75) is 73.6 Å². The maximum Gasteiger partial charge on any atom is 0.429 e. The molecule has 3 heterocycles. The number of fused-ring (bicyclic) bond motifs is 2. The third-order valence-electron chi connectivity index (χ3n) is 5.81. The van der Waals surface area contributed by atoms with E-state index in [1.165, 1.54) is 6.42 Å². The SMILES string of the molecule is CC(=O)CCc1ccc2c(-c3ccc(OCCSF)cc3)c3c(C)cc(C)n3p(F)[n+]1-2.CCC.CCCC=O. The molecule has 1 aromatic heterocycles. The molecule has 2 aliphatic rings. The maximum absolute atomic E-state index is 15.8. The Kier molecular flexibility index (Phi) is 13.7. The van der Waals surface area contributed by atoms with Gasteiger partial charge in [-0.15, -0.1) is 4.20 Å². The standard InChI is InChI=1S/C23H24F2N2O2PS.C4H8O.C3H8/c1-15-14-16(2)26-23(15)22(18-5-9-20(10-6-18)29-12-13-31-25)21-11-8-19(7-4-17(3)28)27(21)30(26)24;1-2-3-4-5;1-3-2/h5-6,8-11,14H,4,7,12-13H2,1-3H3;4H,2-3H2,1H3;3H2,1-2H3/q+1;;. The van der Waals surface area contributed by atoms with Gasteiger partial charge in [-0.1, -0.05) is 39.3 Å². The van der Waals surface area contributed by atoms with E-state index in [0.717, 1.165) is 52.0 Å². The number of aromatic nitrogens is 2. The van der Waals surface area contributed by atoms with Crippen LogP contribution in [0.15, 0.2) is 42.5 Å². The Morgan fingerprint density at radius 3 is 2.33 bits per heavy atom. The van der Waals surface area contributed by atoms with E-state index in [-0.39, 0.29) is 23.7 Å². The van der Waals surface area contributed by atoms with Gasteiger partial charge in [0.15, 0.2) is 5.52 Å². The zero-order valence-corrected chi connectivity index (χ0v) is 25.5. The summed E-state index contributed by atoms with van der Waals surface area (Å²) in [5.41, 5.74) is 6.35. The number of halogens is 2. The molecular weight excluding hydrogens is 537 g/mol. The van der Waals surface area contributed by atoms with Crippen molar-refractivity contribution in [1.29, 1.82) is 0 Å². The average molecular weight is 578 g/mol. The Bertz CT molecular complexity index is 1320. The number of aryl methyl sites for hydroxylation is 3. The summed E-state index contributed by atoms with van der Waals surface area (Å²) in [4.78, 5) is 20.9. The number of Topliss-reactive ketones (excluding diaryl/α,β-unsaturated/α-hetero) is 1. The molecule has 1 atom stereocenters. The maximum atomic E-state index is 15.8. The van der Waals surface area contributed by atoms with Crippen LogP contribution in [0.4, 0.5) is 8.08 Å². The molecule has 4 rings (SSSR count). The topological polar surface area (TPSA) is 51.7 Å². The van der Waals surface area contributed by atoms with E-state index < -0.39 is 8.16 Å². The third-order valence-corrected chi connectivity index (χ3v) is 7.78. The number of carbonyl (C=O) groups excluding carboxylic acids is 2. The molecule has 0 N–H and O–H groups in total. The first-order valence-corrected chi connectivity index (χ1v) is 15.4. The Labute approximate surface area is 236 Å². The molecule has 212 valence electrons. The number of aldehydes is 1. The molecule has 1 unspecified atom stereocenters. The van der Waals surface area contributed by atoms with E-state index in [9.17, 15) is 13.5 Å². The fourth-order valence-corrected chi connectivity index (χ4v) is 5.96. The lowest BCUT2D eigenvalue weighted by Crippen LogP contribution is -2.33. The largest absolute Gasteiger partial charge is 0.493 e. The summed E-state index contributed by atoms with van der Waals surface area (Å²) < 4.78 is 37.2. The molecule has 0 fully saturated rings. The zero-order chi connectivity index (χ0) is 28.9. The van der Waals surface area contributed by atoms with Crippen molar-refractivity contribution >= 4 is 37.9 Å². The van der Waals surface area contributed by atoms with Crippen LogP contribution in [-0.4, -0.2) is 28.6 Å². The second-order valence-corrected chi connectivity index (χ2v) is 11.2. The number of ketones is 1. The summed E-state index contributed by atoms with van der Waals surface area (Å²) in [6.45, 7) is 12.0. The summed E-state index contributed by atoms with van der Waals surface area (Å²) >= 11 is 0.254. The lowest BCUT2D eigenvalue weighted by atomic mass is 10.0. The molecule has 9 heteroatoms. The third kappa shape index (κ3) is 8.39. The quantitative estimate of drug-likeness (QED) is 0.140. The molecule has 0 spiro atoms. The highest BCUT2D eigenvalue weighted by atomic mass is 32.2. The van der Waals surface area contributed by atoms with Crippen molar-refractivity contribution in [3.8, 4) is 22.6 Å². The molecule has 0 saturated carbocycles. The van der Waals surface area contributed by atoms with Gasteiger partial charge in [-0.05, 0) is 63.1 Å². The highest BCUT2D eigenvalue weighted by Gasteiger charge is 2.32. The van der Waals surface area contributed by atoms with Gasteiger partial charge in [0, 0.05) is 37.0 Å². The van der Waals surface area contributed by atoms with E-state index >= 15 is 4.20 Å². The monoisotopic (exact) mass is 577 g/mol. The van der Waals surface area contributed by atoms with Crippen LogP contribution in [0.25, 0.3) is 22.3 Å². The number of nitrogens with zero attached hydrogens (tertiary/aromatic N) is 2. The number of hydrogen-bond donors (Lipinski definition) is 0. The molecule has 39 heavy (non-hydrogen) atoms. The van der Waals surface area contributed by atoms with Gasteiger partial charge in [-0.25, -0.2) is 0 Å². The number of hydrogen-bond acceptors (Lipinski definition) is 4. The average Bonchev–Trinajstić information content (AvgIpc) is 3.46. The minimum Gasteiger partial charge on any atom is -0.493 e. The predicted octanol–water partition coefficient (Wildman–Crippen LogP) is 8.58. The molecule has 1 aromatic carbocycles. The van der Waals surface area contributed by atoms with Gasteiger partial charge in [0.1, 0.15) is 34.9 Å². The minimum absolute atomic E-state index is 0.0918. The van der Waals surface area contributed by atoms with Gasteiger partial charge >= 0.3 is 8.16 Å². The Balaban J connectivity index is 0.000000590. The number of carbonyl (C=O) groups is 2.